The van der Waals surface area contributed by atoms with Crippen molar-refractivity contribution in [1.29, 1.82) is 0 Å². The van der Waals surface area contributed by atoms with Gasteiger partial charge in [-0.2, -0.15) is 8.78 Å². The molecule has 0 aliphatic heterocycles. The smallest absolute Gasteiger partial charge is 0.288 e. The van der Waals surface area contributed by atoms with Gasteiger partial charge >= 0.3 is 0 Å². The van der Waals surface area contributed by atoms with Gasteiger partial charge in [-0.05, 0) is 43.9 Å². The second-order valence-corrected chi connectivity index (χ2v) is 7.72. The summed E-state index contributed by atoms with van der Waals surface area (Å²) in [5.74, 6) is -2.35. The molecule has 1 heterocycles. The third-order valence-corrected chi connectivity index (χ3v) is 5.36. The van der Waals surface area contributed by atoms with E-state index in [1.807, 2.05) is 0 Å². The van der Waals surface area contributed by atoms with Gasteiger partial charge in [0.15, 0.2) is 0 Å². The highest BCUT2D eigenvalue weighted by molar-refractivity contribution is 7.99. The van der Waals surface area contributed by atoms with Gasteiger partial charge in [-0.15, -0.1) is 0 Å². The molecule has 4 nitrogen and oxygen atoms in total. The lowest BCUT2D eigenvalue weighted by Gasteiger charge is -2.29. The van der Waals surface area contributed by atoms with E-state index >= 15 is 0 Å². The molecular formula is C19H19ClF2N2O2S. The number of hydrogen-bond acceptors (Lipinski definition) is 4. The van der Waals surface area contributed by atoms with Crippen molar-refractivity contribution in [3.8, 4) is 5.88 Å². The number of hydrogen-bond donors (Lipinski definition) is 1. The molecule has 1 aromatic carbocycles. The van der Waals surface area contributed by atoms with Crippen LogP contribution < -0.4 is 10.1 Å². The standard InChI is InChI=1S/C19H19ClF2N2O2S/c20-12-5-10-17(23-11-12)26-14-8-6-13(7-9-14)24-18(25)15-3-1-2-4-16(15)27-19(21)22/h1-5,10-11,13-14,19H,6-9H2,(H,24,25). The summed E-state index contributed by atoms with van der Waals surface area (Å²) in [6.45, 7) is 0. The molecule has 1 fully saturated rings. The fourth-order valence-electron chi connectivity index (χ4n) is 3.04. The number of benzene rings is 1. The van der Waals surface area contributed by atoms with Gasteiger partial charge in [0, 0.05) is 23.2 Å². The highest BCUT2D eigenvalue weighted by Gasteiger charge is 2.25. The first-order valence-electron chi connectivity index (χ1n) is 8.64. The maximum Gasteiger partial charge on any atom is 0.288 e. The van der Waals surface area contributed by atoms with Crippen molar-refractivity contribution in [3.05, 3.63) is 53.2 Å². The number of halogens is 3. The number of carbonyl (C=O) groups is 1. The molecule has 1 N–H and O–H groups in total. The number of rotatable bonds is 6. The van der Waals surface area contributed by atoms with Crippen molar-refractivity contribution in [2.45, 2.75) is 48.5 Å². The summed E-state index contributed by atoms with van der Waals surface area (Å²) in [6.07, 6.45) is 4.65. The normalized spacial score (nSPS) is 19.7. The molecule has 0 atom stereocenters. The first-order valence-corrected chi connectivity index (χ1v) is 9.90. The second-order valence-electron chi connectivity index (χ2n) is 6.25. The molecule has 0 bridgehead atoms. The van der Waals surface area contributed by atoms with Crippen LogP contribution in [0, 0.1) is 0 Å². The number of ether oxygens (including phenoxy) is 1. The van der Waals surface area contributed by atoms with E-state index in [1.54, 1.807) is 30.3 Å². The van der Waals surface area contributed by atoms with Crippen LogP contribution in [0.2, 0.25) is 5.02 Å². The predicted molar refractivity (Wildman–Crippen MR) is 102 cm³/mol. The average molecular weight is 413 g/mol. The molecule has 1 aliphatic carbocycles. The summed E-state index contributed by atoms with van der Waals surface area (Å²) < 4.78 is 31.2. The number of aromatic nitrogens is 1. The van der Waals surface area contributed by atoms with Crippen molar-refractivity contribution >= 4 is 29.3 Å². The van der Waals surface area contributed by atoms with Gasteiger partial charge in [-0.3, -0.25) is 4.79 Å². The Kier molecular flexibility index (Phi) is 6.90. The van der Waals surface area contributed by atoms with Crippen molar-refractivity contribution in [2.24, 2.45) is 0 Å². The van der Waals surface area contributed by atoms with Gasteiger partial charge in [0.05, 0.1) is 10.6 Å². The van der Waals surface area contributed by atoms with E-state index in [9.17, 15) is 13.6 Å². The number of alkyl halides is 2. The topological polar surface area (TPSA) is 51.2 Å². The molecule has 0 spiro atoms. The lowest BCUT2D eigenvalue weighted by atomic mass is 9.92. The molecular weight excluding hydrogens is 394 g/mol. The molecule has 8 heteroatoms. The lowest BCUT2D eigenvalue weighted by Crippen LogP contribution is -2.39. The third kappa shape index (κ3) is 5.81. The largest absolute Gasteiger partial charge is 0.474 e. The summed E-state index contributed by atoms with van der Waals surface area (Å²) in [7, 11) is 0. The van der Waals surface area contributed by atoms with Crippen LogP contribution in [0.5, 0.6) is 5.88 Å². The van der Waals surface area contributed by atoms with E-state index in [-0.39, 0.29) is 28.5 Å². The van der Waals surface area contributed by atoms with Gasteiger partial charge in [0.25, 0.3) is 11.7 Å². The number of pyridine rings is 1. The number of amides is 1. The highest BCUT2D eigenvalue weighted by Crippen LogP contribution is 2.29. The molecule has 1 aliphatic rings. The van der Waals surface area contributed by atoms with Gasteiger partial charge in [-0.25, -0.2) is 4.98 Å². The third-order valence-electron chi connectivity index (χ3n) is 4.34. The molecule has 1 amide bonds. The molecule has 1 aromatic heterocycles. The van der Waals surface area contributed by atoms with Crippen LogP contribution in [0.1, 0.15) is 36.0 Å². The van der Waals surface area contributed by atoms with Crippen molar-refractivity contribution in [3.63, 3.8) is 0 Å². The van der Waals surface area contributed by atoms with E-state index in [4.69, 9.17) is 16.3 Å². The van der Waals surface area contributed by atoms with Gasteiger partial charge in [0.1, 0.15) is 6.10 Å². The summed E-state index contributed by atoms with van der Waals surface area (Å²) >= 11 is 6.20. The first kappa shape index (κ1) is 19.9. The van der Waals surface area contributed by atoms with Crippen LogP contribution in [-0.4, -0.2) is 28.8 Å². The molecule has 0 saturated heterocycles. The van der Waals surface area contributed by atoms with E-state index in [0.29, 0.717) is 22.7 Å². The Morgan fingerprint density at radius 3 is 2.59 bits per heavy atom. The Hall–Kier alpha value is -1.86. The maximum atomic E-state index is 12.7. The molecule has 144 valence electrons. The zero-order valence-electron chi connectivity index (χ0n) is 14.4. The van der Waals surface area contributed by atoms with Gasteiger partial charge < -0.3 is 10.1 Å². The first-order chi connectivity index (χ1) is 13.0. The Labute approximate surface area is 165 Å². The Morgan fingerprint density at radius 1 is 1.19 bits per heavy atom. The minimum absolute atomic E-state index is 0.000123. The number of carbonyl (C=O) groups excluding carboxylic acids is 1. The van der Waals surface area contributed by atoms with E-state index in [0.717, 1.165) is 25.7 Å². The number of thioether (sulfide) groups is 1. The zero-order chi connectivity index (χ0) is 19.2. The van der Waals surface area contributed by atoms with Crippen LogP contribution in [0.4, 0.5) is 8.78 Å². The maximum absolute atomic E-state index is 12.7. The minimum Gasteiger partial charge on any atom is -0.474 e. The van der Waals surface area contributed by atoms with Crippen LogP contribution in [0.3, 0.4) is 0 Å². The predicted octanol–water partition coefficient (Wildman–Crippen LogP) is 5.17. The zero-order valence-corrected chi connectivity index (χ0v) is 16.0. The molecule has 1 saturated carbocycles. The quantitative estimate of drug-likeness (QED) is 0.665. The summed E-state index contributed by atoms with van der Waals surface area (Å²) in [5.41, 5.74) is 0.284. The van der Waals surface area contributed by atoms with Gasteiger partial charge in [0.2, 0.25) is 5.88 Å². The molecule has 0 unspecified atom stereocenters. The van der Waals surface area contributed by atoms with Crippen LogP contribution in [-0.2, 0) is 0 Å². The second kappa shape index (κ2) is 9.37. The molecule has 0 radical (unpaired) electrons. The Bertz CT molecular complexity index is 769. The van der Waals surface area contributed by atoms with Crippen LogP contribution in [0.15, 0.2) is 47.5 Å². The van der Waals surface area contributed by atoms with E-state index < -0.39 is 5.76 Å². The fraction of sp³-hybridized carbons (Fsp3) is 0.368. The van der Waals surface area contributed by atoms with Crippen molar-refractivity contribution in [1.82, 2.24) is 10.3 Å². The monoisotopic (exact) mass is 412 g/mol. The minimum atomic E-state index is -2.56. The van der Waals surface area contributed by atoms with E-state index in [2.05, 4.69) is 10.3 Å². The molecule has 2 aromatic rings. The van der Waals surface area contributed by atoms with Crippen LogP contribution >= 0.6 is 23.4 Å². The Balaban J connectivity index is 1.52. The Morgan fingerprint density at radius 2 is 1.93 bits per heavy atom. The van der Waals surface area contributed by atoms with Crippen molar-refractivity contribution < 1.29 is 18.3 Å². The van der Waals surface area contributed by atoms with Crippen molar-refractivity contribution in [2.75, 3.05) is 0 Å². The SMILES string of the molecule is O=C(NC1CCC(Oc2ccc(Cl)cn2)CC1)c1ccccc1SC(F)F. The number of nitrogens with zero attached hydrogens (tertiary/aromatic N) is 1. The van der Waals surface area contributed by atoms with E-state index in [1.165, 1.54) is 12.3 Å². The highest BCUT2D eigenvalue weighted by atomic mass is 35.5. The summed E-state index contributed by atoms with van der Waals surface area (Å²) in [4.78, 5) is 16.9. The average Bonchev–Trinajstić information content (AvgIpc) is 2.65. The van der Waals surface area contributed by atoms with Gasteiger partial charge in [-0.1, -0.05) is 35.5 Å². The summed E-state index contributed by atoms with van der Waals surface area (Å²) in [5, 5.41) is 3.51. The molecule has 3 rings (SSSR count). The fourth-order valence-corrected chi connectivity index (χ4v) is 3.79. The molecule has 27 heavy (non-hydrogen) atoms. The number of nitrogens with one attached hydrogen (secondary N) is 1. The lowest BCUT2D eigenvalue weighted by molar-refractivity contribution is 0.0887. The summed E-state index contributed by atoms with van der Waals surface area (Å²) in [6, 6.07) is 9.89. The van der Waals surface area contributed by atoms with Crippen LogP contribution in [0.25, 0.3) is 0 Å².